The maximum absolute atomic E-state index is 12.9. The molecule has 3 N–H and O–H groups in total. The number of anilines is 2. The van der Waals surface area contributed by atoms with Gasteiger partial charge in [0.05, 0.1) is 29.5 Å². The second-order valence-electron chi connectivity index (χ2n) is 10.4. The van der Waals surface area contributed by atoms with Gasteiger partial charge in [0.2, 0.25) is 5.91 Å². The van der Waals surface area contributed by atoms with Gasteiger partial charge in [-0.25, -0.2) is 9.78 Å². The van der Waals surface area contributed by atoms with E-state index in [1.54, 1.807) is 35.0 Å². The quantitative estimate of drug-likeness (QED) is 0.336. The molecule has 3 heterocycles. The first-order valence-corrected chi connectivity index (χ1v) is 13.0. The molecule has 10 nitrogen and oxygen atoms in total. The van der Waals surface area contributed by atoms with E-state index < -0.39 is 18.4 Å². The van der Waals surface area contributed by atoms with Gasteiger partial charge < -0.3 is 19.9 Å². The monoisotopic (exact) mass is 549 g/mol. The van der Waals surface area contributed by atoms with Crippen LogP contribution in [-0.2, 0) is 14.3 Å². The number of nitrogens with zero attached hydrogens (tertiary/aromatic N) is 4. The number of aromatic nitrogens is 4. The third kappa shape index (κ3) is 6.88. The molecule has 2 aromatic heterocycles. The Morgan fingerprint density at radius 3 is 2.72 bits per heavy atom. The van der Waals surface area contributed by atoms with E-state index in [2.05, 4.69) is 46.3 Å². The zero-order chi connectivity index (χ0) is 28.3. The number of halogens is 3. The number of H-pyrrole nitrogens is 2. The molecule has 2 atom stereocenters. The van der Waals surface area contributed by atoms with Crippen LogP contribution < -0.4 is 10.2 Å². The third-order valence-electron chi connectivity index (χ3n) is 6.82. The summed E-state index contributed by atoms with van der Waals surface area (Å²) in [6.07, 6.45) is -2.36. The number of piperazine rings is 1. The molecule has 0 aliphatic carbocycles. The Morgan fingerprint density at radius 1 is 1.26 bits per heavy atom. The van der Waals surface area contributed by atoms with Crippen molar-refractivity contribution in [1.82, 2.24) is 25.1 Å². The number of nitrogens with one attached hydrogen (secondary N) is 3. The van der Waals surface area contributed by atoms with Gasteiger partial charge in [0, 0.05) is 25.2 Å². The molecule has 1 aliphatic rings. The number of aromatic amines is 2. The number of hydrogen-bond donors (Lipinski definition) is 3. The molecule has 1 aliphatic heterocycles. The van der Waals surface area contributed by atoms with Gasteiger partial charge >= 0.3 is 12.1 Å². The average molecular weight is 550 g/mol. The van der Waals surface area contributed by atoms with Crippen molar-refractivity contribution in [2.24, 2.45) is 11.8 Å². The molecule has 0 saturated carbocycles. The lowest BCUT2D eigenvalue weighted by atomic mass is 9.92. The molecule has 1 fully saturated rings. The molecule has 0 bridgehead atoms. The van der Waals surface area contributed by atoms with Crippen molar-refractivity contribution in [2.75, 3.05) is 36.9 Å². The Labute approximate surface area is 224 Å². The predicted octanol–water partition coefficient (Wildman–Crippen LogP) is 4.54. The first-order chi connectivity index (χ1) is 18.4. The number of amides is 1. The summed E-state index contributed by atoms with van der Waals surface area (Å²) < 4.78 is 43.4. The highest BCUT2D eigenvalue weighted by molar-refractivity contribution is 5.94. The summed E-state index contributed by atoms with van der Waals surface area (Å²) in [6.45, 7) is 7.43. The van der Waals surface area contributed by atoms with Crippen molar-refractivity contribution < 1.29 is 27.5 Å². The van der Waals surface area contributed by atoms with Gasteiger partial charge in [-0.1, -0.05) is 27.2 Å². The van der Waals surface area contributed by atoms with E-state index in [-0.39, 0.29) is 12.5 Å². The van der Waals surface area contributed by atoms with E-state index in [0.717, 1.165) is 12.8 Å². The molecule has 1 aromatic carbocycles. The van der Waals surface area contributed by atoms with E-state index in [1.165, 1.54) is 6.20 Å². The van der Waals surface area contributed by atoms with E-state index in [4.69, 9.17) is 4.74 Å². The first-order valence-electron chi connectivity index (χ1n) is 13.0. The summed E-state index contributed by atoms with van der Waals surface area (Å²) in [6, 6.07) is 5.21. The zero-order valence-electron chi connectivity index (χ0n) is 22.4. The topological polar surface area (TPSA) is 119 Å². The van der Waals surface area contributed by atoms with E-state index in [1.807, 2.05) is 0 Å². The number of rotatable bonds is 9. The molecule has 39 heavy (non-hydrogen) atoms. The fourth-order valence-corrected chi connectivity index (χ4v) is 4.85. The Kier molecular flexibility index (Phi) is 8.48. The van der Waals surface area contributed by atoms with Crippen LogP contribution in [-0.4, -0.2) is 76.0 Å². The number of benzene rings is 1. The van der Waals surface area contributed by atoms with Crippen molar-refractivity contribution in [3.8, 4) is 11.5 Å². The molecule has 3 aromatic rings. The normalized spacial score (nSPS) is 17.5. The van der Waals surface area contributed by atoms with Crippen LogP contribution in [0, 0.1) is 11.8 Å². The van der Waals surface area contributed by atoms with Crippen molar-refractivity contribution >= 4 is 34.3 Å². The zero-order valence-corrected chi connectivity index (χ0v) is 22.4. The van der Waals surface area contributed by atoms with Crippen molar-refractivity contribution in [3.63, 3.8) is 0 Å². The van der Waals surface area contributed by atoms with Gasteiger partial charge in [0.15, 0.2) is 12.1 Å². The maximum Gasteiger partial charge on any atom is 0.491 e. The number of alkyl halides is 3. The molecule has 2 unspecified atom stereocenters. The Morgan fingerprint density at radius 2 is 2.03 bits per heavy atom. The highest BCUT2D eigenvalue weighted by Gasteiger charge is 2.44. The Bertz CT molecular complexity index is 1300. The van der Waals surface area contributed by atoms with Crippen LogP contribution in [0.3, 0.4) is 0 Å². The number of likely N-dealkylation sites (N-methyl/N-ethyl adjacent to an activating group) is 1. The van der Waals surface area contributed by atoms with E-state index in [9.17, 15) is 22.8 Å². The van der Waals surface area contributed by atoms with Crippen molar-refractivity contribution in [3.05, 3.63) is 24.4 Å². The summed E-state index contributed by atoms with van der Waals surface area (Å²) in [4.78, 5) is 35.5. The number of ether oxygens (including phenoxy) is 1. The van der Waals surface area contributed by atoms with Crippen LogP contribution in [0.1, 0.15) is 40.0 Å². The molecule has 212 valence electrons. The minimum absolute atomic E-state index is 0.0990. The van der Waals surface area contributed by atoms with Crippen LogP contribution in [0.4, 0.5) is 24.5 Å². The Balaban J connectivity index is 1.53. The highest BCUT2D eigenvalue weighted by atomic mass is 19.4. The maximum atomic E-state index is 12.9. The van der Waals surface area contributed by atoms with Gasteiger partial charge in [0.1, 0.15) is 5.69 Å². The molecule has 4 rings (SSSR count). The van der Waals surface area contributed by atoms with Crippen LogP contribution in [0.25, 0.3) is 22.6 Å². The lowest BCUT2D eigenvalue weighted by Gasteiger charge is -2.40. The lowest BCUT2D eigenvalue weighted by Crippen LogP contribution is -2.54. The second-order valence-corrected chi connectivity index (χ2v) is 10.4. The Hall–Kier alpha value is -3.61. The number of esters is 1. The first kappa shape index (κ1) is 28.4. The highest BCUT2D eigenvalue weighted by Crippen LogP contribution is 2.30. The summed E-state index contributed by atoms with van der Waals surface area (Å²) in [5, 5.41) is 9.88. The van der Waals surface area contributed by atoms with Gasteiger partial charge in [-0.15, -0.1) is 0 Å². The lowest BCUT2D eigenvalue weighted by molar-refractivity contribution is -0.206. The summed E-state index contributed by atoms with van der Waals surface area (Å²) >= 11 is 0. The molecular formula is C26H34F3N7O3. The summed E-state index contributed by atoms with van der Waals surface area (Å²) in [5.41, 5.74) is 2.82. The van der Waals surface area contributed by atoms with Crippen molar-refractivity contribution in [2.45, 2.75) is 52.4 Å². The number of fused-ring (bicyclic) bond motifs is 1. The minimum Gasteiger partial charge on any atom is -0.433 e. The smallest absolute Gasteiger partial charge is 0.433 e. The van der Waals surface area contributed by atoms with Gasteiger partial charge in [-0.2, -0.15) is 18.3 Å². The fraction of sp³-hybridized carbons (Fsp3) is 0.538. The largest absolute Gasteiger partial charge is 0.491 e. The van der Waals surface area contributed by atoms with Crippen LogP contribution in [0.5, 0.6) is 0 Å². The SMILES string of the molecule is CCC(CC(=O)Nc1cn[nH]c1-c1nc2ccc(N3CCN(C)CC3OC(=O)C(F)(F)F)cc2[nH]1)CC(C)C. The molecule has 1 saturated heterocycles. The van der Waals surface area contributed by atoms with E-state index in [0.29, 0.717) is 65.3 Å². The minimum atomic E-state index is -5.08. The third-order valence-corrected chi connectivity index (χ3v) is 6.82. The molecular weight excluding hydrogens is 515 g/mol. The predicted molar refractivity (Wildman–Crippen MR) is 141 cm³/mol. The molecule has 1 amide bonds. The number of carbonyl (C=O) groups excluding carboxylic acids is 2. The van der Waals surface area contributed by atoms with Crippen molar-refractivity contribution in [1.29, 1.82) is 0 Å². The summed E-state index contributed by atoms with van der Waals surface area (Å²) in [5.74, 6) is -1.08. The average Bonchev–Trinajstić information content (AvgIpc) is 3.48. The van der Waals surface area contributed by atoms with Crippen LogP contribution >= 0.6 is 0 Å². The second kappa shape index (κ2) is 11.6. The standard InChI is InChI=1S/C26H34F3N7O3/c1-5-16(10-15(2)3)11-21(37)31-20-13-30-34-23(20)24-32-18-7-6-17(12-19(18)33-24)36-9-8-35(4)14-22(36)39-25(38)26(27,28)29/h6-7,12-13,15-16,22H,5,8-11,14H2,1-4H3,(H,30,34)(H,31,37)(H,32,33). The van der Waals surface area contributed by atoms with Crippen LogP contribution in [0.15, 0.2) is 24.4 Å². The fourth-order valence-electron chi connectivity index (χ4n) is 4.85. The van der Waals surface area contributed by atoms with Gasteiger partial charge in [0.25, 0.3) is 0 Å². The number of hydrogen-bond acceptors (Lipinski definition) is 7. The van der Waals surface area contributed by atoms with Crippen LogP contribution in [0.2, 0.25) is 0 Å². The van der Waals surface area contributed by atoms with Gasteiger partial charge in [-0.05, 0) is 43.5 Å². The molecule has 0 radical (unpaired) electrons. The number of imidazole rings is 1. The summed E-state index contributed by atoms with van der Waals surface area (Å²) in [7, 11) is 1.75. The van der Waals surface area contributed by atoms with E-state index >= 15 is 0 Å². The molecule has 13 heteroatoms. The molecule has 0 spiro atoms. The van der Waals surface area contributed by atoms with Gasteiger partial charge in [-0.3, -0.25) is 14.8 Å². The number of carbonyl (C=O) groups is 2.